The van der Waals surface area contributed by atoms with E-state index in [1.807, 2.05) is 29.2 Å². The summed E-state index contributed by atoms with van der Waals surface area (Å²) in [5.74, 6) is -0.110. The summed E-state index contributed by atoms with van der Waals surface area (Å²) in [6.07, 6.45) is -2.07. The molecule has 1 aliphatic rings. The van der Waals surface area contributed by atoms with Crippen molar-refractivity contribution in [1.82, 2.24) is 9.97 Å². The Morgan fingerprint density at radius 1 is 1.04 bits per heavy atom. The third-order valence-electron chi connectivity index (χ3n) is 4.47. The average Bonchev–Trinajstić information content (AvgIpc) is 3.12. The number of halogens is 3. The SMILES string of the molecule is O=C(Nc1ccc(C(F)(F)F)cc1)c1ccnc(N2CCc3ccccc32)n1. The average molecular weight is 384 g/mol. The normalized spacial score (nSPS) is 13.3. The molecule has 0 radical (unpaired) electrons. The van der Waals surface area contributed by atoms with Gasteiger partial charge in [0.1, 0.15) is 5.69 Å². The van der Waals surface area contributed by atoms with Crippen LogP contribution in [-0.2, 0) is 12.6 Å². The lowest BCUT2D eigenvalue weighted by molar-refractivity contribution is -0.137. The number of hydrogen-bond donors (Lipinski definition) is 1. The Hall–Kier alpha value is -3.42. The molecule has 28 heavy (non-hydrogen) atoms. The van der Waals surface area contributed by atoms with E-state index in [1.165, 1.54) is 30.0 Å². The Balaban J connectivity index is 1.53. The van der Waals surface area contributed by atoms with Gasteiger partial charge in [0.25, 0.3) is 5.91 Å². The minimum atomic E-state index is -4.42. The van der Waals surface area contributed by atoms with Crippen LogP contribution in [-0.4, -0.2) is 22.4 Å². The molecule has 0 saturated heterocycles. The highest BCUT2D eigenvalue weighted by atomic mass is 19.4. The number of alkyl halides is 3. The molecule has 2 aromatic carbocycles. The fraction of sp³-hybridized carbons (Fsp3) is 0.150. The summed E-state index contributed by atoms with van der Waals surface area (Å²) in [5.41, 5.74) is 1.80. The molecule has 1 amide bonds. The van der Waals surface area contributed by atoms with Crippen molar-refractivity contribution in [1.29, 1.82) is 0 Å². The quantitative estimate of drug-likeness (QED) is 0.725. The summed E-state index contributed by atoms with van der Waals surface area (Å²) in [5, 5.41) is 2.56. The van der Waals surface area contributed by atoms with Crippen LogP contribution in [0.2, 0.25) is 0 Å². The highest BCUT2D eigenvalue weighted by Gasteiger charge is 2.30. The van der Waals surface area contributed by atoms with Crippen molar-refractivity contribution in [3.8, 4) is 0 Å². The van der Waals surface area contributed by atoms with Crippen LogP contribution in [0.5, 0.6) is 0 Å². The van der Waals surface area contributed by atoms with Gasteiger partial charge in [-0.1, -0.05) is 18.2 Å². The molecule has 1 N–H and O–H groups in total. The number of hydrogen-bond acceptors (Lipinski definition) is 4. The standard InChI is InChI=1S/C20H15F3N4O/c21-20(22,23)14-5-7-15(8-6-14)25-18(28)16-9-11-24-19(26-16)27-12-10-13-3-1-2-4-17(13)27/h1-9,11H,10,12H2,(H,25,28). The van der Waals surface area contributed by atoms with Gasteiger partial charge in [-0.25, -0.2) is 9.97 Å². The van der Waals surface area contributed by atoms with Crippen LogP contribution in [0.3, 0.4) is 0 Å². The number of nitrogens with one attached hydrogen (secondary N) is 1. The highest BCUT2D eigenvalue weighted by Crippen LogP contribution is 2.32. The molecule has 0 atom stereocenters. The summed E-state index contributed by atoms with van der Waals surface area (Å²) in [7, 11) is 0. The predicted octanol–water partition coefficient (Wildman–Crippen LogP) is 4.44. The lowest BCUT2D eigenvalue weighted by Gasteiger charge is -2.17. The van der Waals surface area contributed by atoms with Crippen LogP contribution in [0.1, 0.15) is 21.6 Å². The Kier molecular flexibility index (Phi) is 4.46. The molecule has 0 spiro atoms. The van der Waals surface area contributed by atoms with Gasteiger partial charge in [-0.05, 0) is 48.4 Å². The van der Waals surface area contributed by atoms with E-state index in [0.29, 0.717) is 12.5 Å². The zero-order valence-electron chi connectivity index (χ0n) is 14.6. The Morgan fingerprint density at radius 2 is 1.79 bits per heavy atom. The number of benzene rings is 2. The molecular weight excluding hydrogens is 369 g/mol. The fourth-order valence-corrected chi connectivity index (χ4v) is 3.09. The van der Waals surface area contributed by atoms with Crippen molar-refractivity contribution in [2.45, 2.75) is 12.6 Å². The zero-order chi connectivity index (χ0) is 19.7. The number of fused-ring (bicyclic) bond motifs is 1. The number of carbonyl (C=O) groups is 1. The number of rotatable bonds is 3. The van der Waals surface area contributed by atoms with E-state index in [0.717, 1.165) is 24.2 Å². The number of aromatic nitrogens is 2. The van der Waals surface area contributed by atoms with E-state index in [2.05, 4.69) is 15.3 Å². The summed E-state index contributed by atoms with van der Waals surface area (Å²) < 4.78 is 37.9. The van der Waals surface area contributed by atoms with Crippen molar-refractivity contribution < 1.29 is 18.0 Å². The summed E-state index contributed by atoms with van der Waals surface area (Å²) in [6, 6.07) is 13.6. The number of amides is 1. The zero-order valence-corrected chi connectivity index (χ0v) is 14.6. The van der Waals surface area contributed by atoms with E-state index in [4.69, 9.17) is 0 Å². The Labute approximate surface area is 158 Å². The summed E-state index contributed by atoms with van der Waals surface area (Å²) in [6.45, 7) is 0.712. The van der Waals surface area contributed by atoms with E-state index >= 15 is 0 Å². The lowest BCUT2D eigenvalue weighted by Crippen LogP contribution is -2.20. The van der Waals surface area contributed by atoms with E-state index < -0.39 is 17.6 Å². The van der Waals surface area contributed by atoms with Crippen molar-refractivity contribution in [3.05, 3.63) is 77.6 Å². The fourth-order valence-electron chi connectivity index (χ4n) is 3.09. The first kappa shape index (κ1) is 18.0. The first-order valence-corrected chi connectivity index (χ1v) is 8.59. The molecule has 5 nitrogen and oxygen atoms in total. The van der Waals surface area contributed by atoms with Gasteiger partial charge in [0.15, 0.2) is 0 Å². The number of para-hydroxylation sites is 1. The molecule has 1 aromatic heterocycles. The van der Waals surface area contributed by atoms with Crippen LogP contribution in [0.15, 0.2) is 60.8 Å². The molecular formula is C20H15F3N4O. The van der Waals surface area contributed by atoms with E-state index in [-0.39, 0.29) is 11.4 Å². The first-order valence-electron chi connectivity index (χ1n) is 8.59. The highest BCUT2D eigenvalue weighted by molar-refractivity contribution is 6.03. The van der Waals surface area contributed by atoms with Crippen molar-refractivity contribution in [2.24, 2.45) is 0 Å². The maximum absolute atomic E-state index is 12.6. The second-order valence-electron chi connectivity index (χ2n) is 6.30. The Morgan fingerprint density at radius 3 is 2.54 bits per heavy atom. The molecule has 0 unspecified atom stereocenters. The molecule has 4 rings (SSSR count). The Bertz CT molecular complexity index is 1020. The van der Waals surface area contributed by atoms with Crippen LogP contribution < -0.4 is 10.2 Å². The van der Waals surface area contributed by atoms with Gasteiger partial charge in [0, 0.05) is 24.1 Å². The molecule has 2 heterocycles. The summed E-state index contributed by atoms with van der Waals surface area (Å²) in [4.78, 5) is 23.0. The molecule has 142 valence electrons. The molecule has 0 aliphatic carbocycles. The van der Waals surface area contributed by atoms with Crippen LogP contribution in [0.25, 0.3) is 0 Å². The molecule has 0 saturated carbocycles. The maximum atomic E-state index is 12.6. The smallest absolute Gasteiger partial charge is 0.321 e. The van der Waals surface area contributed by atoms with Gasteiger partial charge < -0.3 is 10.2 Å². The van der Waals surface area contributed by atoms with Crippen LogP contribution in [0, 0.1) is 0 Å². The topological polar surface area (TPSA) is 58.1 Å². The van der Waals surface area contributed by atoms with Gasteiger partial charge in [-0.2, -0.15) is 13.2 Å². The van der Waals surface area contributed by atoms with Crippen LogP contribution >= 0.6 is 0 Å². The van der Waals surface area contributed by atoms with Crippen LogP contribution in [0.4, 0.5) is 30.5 Å². The number of nitrogens with zero attached hydrogens (tertiary/aromatic N) is 3. The lowest BCUT2D eigenvalue weighted by atomic mass is 10.2. The van der Waals surface area contributed by atoms with Gasteiger partial charge in [0.2, 0.25) is 5.95 Å². The number of anilines is 3. The largest absolute Gasteiger partial charge is 0.416 e. The van der Waals surface area contributed by atoms with Gasteiger partial charge in [0.05, 0.1) is 5.56 Å². The monoisotopic (exact) mass is 384 g/mol. The molecule has 8 heteroatoms. The summed E-state index contributed by atoms with van der Waals surface area (Å²) >= 11 is 0. The van der Waals surface area contributed by atoms with Crippen molar-refractivity contribution >= 4 is 23.2 Å². The third-order valence-corrected chi connectivity index (χ3v) is 4.47. The van der Waals surface area contributed by atoms with Gasteiger partial charge in [-0.15, -0.1) is 0 Å². The maximum Gasteiger partial charge on any atom is 0.416 e. The molecule has 0 fully saturated rings. The second-order valence-corrected chi connectivity index (χ2v) is 6.30. The minimum Gasteiger partial charge on any atom is -0.321 e. The minimum absolute atomic E-state index is 0.134. The van der Waals surface area contributed by atoms with Crippen molar-refractivity contribution in [3.63, 3.8) is 0 Å². The van der Waals surface area contributed by atoms with Crippen molar-refractivity contribution in [2.75, 3.05) is 16.8 Å². The predicted molar refractivity (Wildman–Crippen MR) is 98.6 cm³/mol. The van der Waals surface area contributed by atoms with E-state index in [9.17, 15) is 18.0 Å². The van der Waals surface area contributed by atoms with E-state index in [1.54, 1.807) is 0 Å². The second kappa shape index (κ2) is 6.95. The third kappa shape index (κ3) is 3.53. The van der Waals surface area contributed by atoms with Gasteiger partial charge >= 0.3 is 6.18 Å². The number of carbonyl (C=O) groups excluding carboxylic acids is 1. The molecule has 3 aromatic rings. The van der Waals surface area contributed by atoms with Gasteiger partial charge in [-0.3, -0.25) is 4.79 Å². The molecule has 1 aliphatic heterocycles. The first-order chi connectivity index (χ1) is 13.4. The molecule has 0 bridgehead atoms.